The van der Waals surface area contributed by atoms with E-state index in [-0.39, 0.29) is 5.69 Å². The zero-order chi connectivity index (χ0) is 22.2. The molecular formula is C21H24F3N7. The minimum Gasteiger partial charge on any atom is -0.399 e. The molecule has 2 aromatic heterocycles. The van der Waals surface area contributed by atoms with Crippen molar-refractivity contribution in [3.63, 3.8) is 0 Å². The minimum atomic E-state index is -4.47. The Morgan fingerprint density at radius 2 is 1.84 bits per heavy atom. The number of alkyl halides is 3. The molecule has 0 amide bonds. The second kappa shape index (κ2) is 8.18. The Morgan fingerprint density at radius 1 is 1.10 bits per heavy atom. The van der Waals surface area contributed by atoms with Gasteiger partial charge in [-0.2, -0.15) is 18.3 Å². The van der Waals surface area contributed by atoms with Crippen molar-refractivity contribution in [1.29, 1.82) is 0 Å². The number of halogens is 3. The van der Waals surface area contributed by atoms with E-state index in [1.807, 2.05) is 13.0 Å². The Labute approximate surface area is 177 Å². The Bertz CT molecular complexity index is 1090. The monoisotopic (exact) mass is 431 g/mol. The standard InChI is InChI=1S/C21H24F3N7/c1-12(14-7-15(21(22,23)24)9-16(25)8-14)28-20-17-10-19(31-5-3-26-4-6-31)27-11-18(17)13(2)29-30-20/h7-12,26H,3-6,25H2,1-2H3,(H,28,30)/t12-/m1/s1. The van der Waals surface area contributed by atoms with E-state index in [0.29, 0.717) is 11.4 Å². The third kappa shape index (κ3) is 4.48. The fourth-order valence-corrected chi connectivity index (χ4v) is 3.71. The van der Waals surface area contributed by atoms with E-state index in [2.05, 4.69) is 30.7 Å². The summed E-state index contributed by atoms with van der Waals surface area (Å²) in [5.74, 6) is 1.32. The van der Waals surface area contributed by atoms with Crippen molar-refractivity contribution in [1.82, 2.24) is 20.5 Å². The summed E-state index contributed by atoms with van der Waals surface area (Å²) in [6, 6.07) is 5.05. The number of nitrogens with one attached hydrogen (secondary N) is 2. The van der Waals surface area contributed by atoms with E-state index >= 15 is 0 Å². The number of nitrogens with zero attached hydrogens (tertiary/aromatic N) is 4. The van der Waals surface area contributed by atoms with Gasteiger partial charge in [0.2, 0.25) is 0 Å². The van der Waals surface area contributed by atoms with Crippen LogP contribution in [-0.2, 0) is 6.18 Å². The number of fused-ring (bicyclic) bond motifs is 1. The van der Waals surface area contributed by atoms with E-state index < -0.39 is 17.8 Å². The lowest BCUT2D eigenvalue weighted by Gasteiger charge is -2.28. The molecule has 1 fully saturated rings. The SMILES string of the molecule is Cc1nnc(N[C@H](C)c2cc(N)cc(C(F)(F)F)c2)c2cc(N3CCNCC3)ncc12. The van der Waals surface area contributed by atoms with Crippen molar-refractivity contribution >= 4 is 28.1 Å². The first-order chi connectivity index (χ1) is 14.7. The predicted molar refractivity (Wildman–Crippen MR) is 115 cm³/mol. The molecule has 0 unspecified atom stereocenters. The average molecular weight is 431 g/mol. The van der Waals surface area contributed by atoms with E-state index in [1.54, 1.807) is 13.1 Å². The number of anilines is 3. The van der Waals surface area contributed by atoms with Gasteiger partial charge in [0, 0.05) is 48.8 Å². The molecule has 164 valence electrons. The van der Waals surface area contributed by atoms with Crippen molar-refractivity contribution in [2.45, 2.75) is 26.1 Å². The van der Waals surface area contributed by atoms with Crippen LogP contribution in [0.15, 0.2) is 30.5 Å². The lowest BCUT2D eigenvalue weighted by Crippen LogP contribution is -2.43. The van der Waals surface area contributed by atoms with Gasteiger partial charge in [-0.15, -0.1) is 5.10 Å². The highest BCUT2D eigenvalue weighted by molar-refractivity contribution is 5.94. The summed E-state index contributed by atoms with van der Waals surface area (Å²) in [5.41, 5.74) is 6.16. The zero-order valence-corrected chi connectivity index (χ0v) is 17.3. The Kier molecular flexibility index (Phi) is 5.57. The molecule has 0 saturated carbocycles. The first-order valence-corrected chi connectivity index (χ1v) is 10.1. The normalized spacial score (nSPS) is 15.8. The summed E-state index contributed by atoms with van der Waals surface area (Å²) >= 11 is 0. The zero-order valence-electron chi connectivity index (χ0n) is 17.3. The van der Waals surface area contributed by atoms with E-state index in [1.165, 1.54) is 6.07 Å². The number of piperazine rings is 1. The summed E-state index contributed by atoms with van der Waals surface area (Å²) in [5, 5.41) is 16.7. The van der Waals surface area contributed by atoms with Gasteiger partial charge in [0.1, 0.15) is 5.82 Å². The second-order valence-electron chi connectivity index (χ2n) is 7.71. The van der Waals surface area contributed by atoms with Crippen molar-refractivity contribution in [2.24, 2.45) is 0 Å². The second-order valence-corrected chi connectivity index (χ2v) is 7.71. The molecule has 1 aromatic carbocycles. The number of rotatable bonds is 4. The van der Waals surface area contributed by atoms with Gasteiger partial charge in [-0.05, 0) is 43.7 Å². The molecule has 4 rings (SSSR count). The number of hydrogen-bond donors (Lipinski definition) is 3. The Balaban J connectivity index is 1.69. The van der Waals surface area contributed by atoms with Crippen molar-refractivity contribution in [3.8, 4) is 0 Å². The molecule has 1 atom stereocenters. The molecule has 0 radical (unpaired) electrons. The summed E-state index contributed by atoms with van der Waals surface area (Å²) < 4.78 is 39.6. The Hall–Kier alpha value is -3.14. The van der Waals surface area contributed by atoms with Crippen LogP contribution in [0.5, 0.6) is 0 Å². The summed E-state index contributed by atoms with van der Waals surface area (Å²) in [4.78, 5) is 6.77. The van der Waals surface area contributed by atoms with Crippen molar-refractivity contribution < 1.29 is 13.2 Å². The van der Waals surface area contributed by atoms with Gasteiger partial charge in [0.25, 0.3) is 0 Å². The van der Waals surface area contributed by atoms with Crippen LogP contribution in [0, 0.1) is 6.92 Å². The maximum absolute atomic E-state index is 13.2. The first kappa shape index (κ1) is 21.1. The van der Waals surface area contributed by atoms with E-state index in [4.69, 9.17) is 5.73 Å². The minimum absolute atomic E-state index is 0.0588. The van der Waals surface area contributed by atoms with E-state index in [9.17, 15) is 13.2 Å². The first-order valence-electron chi connectivity index (χ1n) is 10.1. The quantitative estimate of drug-likeness (QED) is 0.545. The lowest BCUT2D eigenvalue weighted by atomic mass is 10.0. The number of aromatic nitrogens is 3. The van der Waals surface area contributed by atoms with Gasteiger partial charge in [-0.25, -0.2) is 4.98 Å². The van der Waals surface area contributed by atoms with Crippen LogP contribution >= 0.6 is 0 Å². The number of benzene rings is 1. The maximum atomic E-state index is 13.2. The smallest absolute Gasteiger partial charge is 0.399 e. The third-order valence-corrected chi connectivity index (χ3v) is 5.43. The van der Waals surface area contributed by atoms with Crippen LogP contribution in [-0.4, -0.2) is 41.4 Å². The van der Waals surface area contributed by atoms with Crippen LogP contribution in [0.3, 0.4) is 0 Å². The van der Waals surface area contributed by atoms with Crippen LogP contribution < -0.4 is 21.3 Å². The molecule has 1 aliphatic rings. The van der Waals surface area contributed by atoms with Gasteiger partial charge in [0.15, 0.2) is 5.82 Å². The molecule has 0 bridgehead atoms. The highest BCUT2D eigenvalue weighted by atomic mass is 19.4. The van der Waals surface area contributed by atoms with Crippen LogP contribution in [0.4, 0.5) is 30.5 Å². The van der Waals surface area contributed by atoms with Crippen LogP contribution in [0.2, 0.25) is 0 Å². The lowest BCUT2D eigenvalue weighted by molar-refractivity contribution is -0.137. The number of nitrogen functional groups attached to an aromatic ring is 1. The molecule has 0 aliphatic carbocycles. The molecule has 0 spiro atoms. The highest BCUT2D eigenvalue weighted by Gasteiger charge is 2.31. The highest BCUT2D eigenvalue weighted by Crippen LogP contribution is 2.34. The van der Waals surface area contributed by atoms with E-state index in [0.717, 1.165) is 60.6 Å². The summed E-state index contributed by atoms with van der Waals surface area (Å²) in [6.45, 7) is 7.07. The molecule has 3 aromatic rings. The molecule has 1 saturated heterocycles. The van der Waals surface area contributed by atoms with Crippen molar-refractivity contribution in [3.05, 3.63) is 47.3 Å². The van der Waals surface area contributed by atoms with Crippen LogP contribution in [0.25, 0.3) is 10.8 Å². The fraction of sp³-hybridized carbons (Fsp3) is 0.381. The number of hydrogen-bond acceptors (Lipinski definition) is 7. The topological polar surface area (TPSA) is 92.0 Å². The Morgan fingerprint density at radius 3 is 2.55 bits per heavy atom. The number of aryl methyl sites for hydroxylation is 1. The van der Waals surface area contributed by atoms with Gasteiger partial charge < -0.3 is 21.3 Å². The molecule has 10 heteroatoms. The average Bonchev–Trinajstić information content (AvgIpc) is 2.75. The number of pyridine rings is 1. The molecule has 1 aliphatic heterocycles. The van der Waals surface area contributed by atoms with Gasteiger partial charge in [-0.3, -0.25) is 0 Å². The van der Waals surface area contributed by atoms with Crippen molar-refractivity contribution in [2.75, 3.05) is 42.1 Å². The molecular weight excluding hydrogens is 407 g/mol. The van der Waals surface area contributed by atoms with Gasteiger partial charge in [-0.1, -0.05) is 0 Å². The molecule has 7 nitrogen and oxygen atoms in total. The summed E-state index contributed by atoms with van der Waals surface area (Å²) in [6.07, 6.45) is -2.70. The molecule has 4 N–H and O–H groups in total. The summed E-state index contributed by atoms with van der Waals surface area (Å²) in [7, 11) is 0. The predicted octanol–water partition coefficient (Wildman–Crippen LogP) is 3.52. The number of nitrogens with two attached hydrogens (primary N) is 1. The van der Waals surface area contributed by atoms with Crippen LogP contribution in [0.1, 0.15) is 29.8 Å². The van der Waals surface area contributed by atoms with Gasteiger partial charge >= 0.3 is 6.18 Å². The maximum Gasteiger partial charge on any atom is 0.416 e. The fourth-order valence-electron chi connectivity index (χ4n) is 3.71. The molecule has 3 heterocycles. The van der Waals surface area contributed by atoms with Gasteiger partial charge in [0.05, 0.1) is 17.3 Å². The third-order valence-electron chi connectivity index (χ3n) is 5.43. The largest absolute Gasteiger partial charge is 0.416 e. The molecule has 31 heavy (non-hydrogen) atoms.